The molecule has 0 aliphatic rings. The van der Waals surface area contributed by atoms with Crippen molar-refractivity contribution in [1.29, 1.82) is 0 Å². The number of methoxy groups -OCH3 is 1. The van der Waals surface area contributed by atoms with Crippen LogP contribution in [0, 0.1) is 4.77 Å². The van der Waals surface area contributed by atoms with Crippen LogP contribution in [0.2, 0.25) is 5.02 Å². The predicted octanol–water partition coefficient (Wildman–Crippen LogP) is 3.93. The lowest BCUT2D eigenvalue weighted by Gasteiger charge is -2.03. The first-order chi connectivity index (χ1) is 12.1. The highest BCUT2D eigenvalue weighted by atomic mass is 35.5. The van der Waals surface area contributed by atoms with E-state index in [-0.39, 0.29) is 5.97 Å². The number of halogens is 1. The van der Waals surface area contributed by atoms with Crippen LogP contribution in [-0.2, 0) is 4.74 Å². The lowest BCUT2D eigenvalue weighted by atomic mass is 10.1. The molecule has 3 rings (SSSR count). The normalized spacial score (nSPS) is 11.0. The third-order valence-electron chi connectivity index (χ3n) is 3.42. The number of ether oxygens (including phenoxy) is 1. The summed E-state index contributed by atoms with van der Waals surface area (Å²) >= 11 is 11.5. The highest BCUT2D eigenvalue weighted by molar-refractivity contribution is 7.71. The maximum atomic E-state index is 11.4. The lowest BCUT2D eigenvalue weighted by molar-refractivity contribution is 0.0600. The number of hydrogen-bond donors (Lipinski definition) is 1. The molecule has 0 saturated heterocycles. The van der Waals surface area contributed by atoms with Crippen molar-refractivity contribution in [3.63, 3.8) is 0 Å². The van der Waals surface area contributed by atoms with Crippen LogP contribution in [0.5, 0.6) is 0 Å². The summed E-state index contributed by atoms with van der Waals surface area (Å²) in [6.07, 6.45) is 1.62. The summed E-state index contributed by atoms with van der Waals surface area (Å²) in [4.78, 5) is 11.4. The molecule has 25 heavy (non-hydrogen) atoms. The summed E-state index contributed by atoms with van der Waals surface area (Å²) in [5.74, 6) is 0.125. The molecule has 6 nitrogen and oxygen atoms in total. The molecule has 0 bridgehead atoms. The first kappa shape index (κ1) is 17.1. The molecule has 0 amide bonds. The van der Waals surface area contributed by atoms with Gasteiger partial charge in [0.2, 0.25) is 4.77 Å². The number of rotatable bonds is 4. The average Bonchev–Trinajstić information content (AvgIpc) is 3.00. The lowest BCUT2D eigenvalue weighted by Crippen LogP contribution is -2.01. The van der Waals surface area contributed by atoms with Crippen LogP contribution >= 0.6 is 23.8 Å². The highest BCUT2D eigenvalue weighted by Gasteiger charge is 2.11. The summed E-state index contributed by atoms with van der Waals surface area (Å²) in [5.41, 5.74) is 1.98. The van der Waals surface area contributed by atoms with E-state index in [4.69, 9.17) is 23.8 Å². The zero-order valence-corrected chi connectivity index (χ0v) is 14.7. The van der Waals surface area contributed by atoms with Gasteiger partial charge in [0.25, 0.3) is 0 Å². The minimum Gasteiger partial charge on any atom is -0.465 e. The number of carbonyl (C=O) groups is 1. The van der Waals surface area contributed by atoms with Crippen molar-refractivity contribution < 1.29 is 9.53 Å². The van der Waals surface area contributed by atoms with Crippen molar-refractivity contribution in [3.05, 3.63) is 69.5 Å². The van der Waals surface area contributed by atoms with Gasteiger partial charge in [-0.25, -0.2) is 9.89 Å². The molecule has 0 radical (unpaired) electrons. The number of benzene rings is 2. The third-order valence-corrected chi connectivity index (χ3v) is 4.01. The summed E-state index contributed by atoms with van der Waals surface area (Å²) in [7, 11) is 1.34. The molecule has 8 heteroatoms. The van der Waals surface area contributed by atoms with Crippen LogP contribution in [0.3, 0.4) is 0 Å². The number of hydrogen-bond acceptors (Lipinski definition) is 5. The van der Waals surface area contributed by atoms with Gasteiger partial charge in [-0.05, 0) is 42.0 Å². The Morgan fingerprint density at radius 1 is 1.28 bits per heavy atom. The largest absolute Gasteiger partial charge is 0.465 e. The summed E-state index contributed by atoms with van der Waals surface area (Å²) in [6, 6.07) is 14.2. The first-order valence-electron chi connectivity index (χ1n) is 7.25. The molecule has 2 aromatic carbocycles. The molecular formula is C17H13ClN4O2S. The number of esters is 1. The fourth-order valence-corrected chi connectivity index (χ4v) is 2.56. The van der Waals surface area contributed by atoms with E-state index < -0.39 is 0 Å². The van der Waals surface area contributed by atoms with E-state index in [1.807, 2.05) is 18.2 Å². The van der Waals surface area contributed by atoms with Crippen molar-refractivity contribution >= 4 is 36.0 Å². The molecule has 1 heterocycles. The van der Waals surface area contributed by atoms with E-state index >= 15 is 0 Å². The van der Waals surface area contributed by atoms with Crippen LogP contribution in [0.1, 0.15) is 15.9 Å². The van der Waals surface area contributed by atoms with Crippen LogP contribution in [-0.4, -0.2) is 34.2 Å². The molecule has 3 aromatic rings. The fourth-order valence-electron chi connectivity index (χ4n) is 2.16. The molecule has 0 atom stereocenters. The van der Waals surface area contributed by atoms with Gasteiger partial charge < -0.3 is 4.74 Å². The number of nitrogens with one attached hydrogen (secondary N) is 1. The Balaban J connectivity index is 1.92. The van der Waals surface area contributed by atoms with E-state index in [2.05, 4.69) is 20.0 Å². The SMILES string of the molecule is COC(=O)c1ccc(/C=N\n2c(-c3ccccc3Cl)n[nH]c2=S)cc1. The minimum absolute atomic E-state index is 0.345. The van der Waals surface area contributed by atoms with Gasteiger partial charge >= 0.3 is 5.97 Å². The molecule has 126 valence electrons. The van der Waals surface area contributed by atoms with E-state index in [9.17, 15) is 4.79 Å². The zero-order chi connectivity index (χ0) is 17.8. The van der Waals surface area contributed by atoms with Crippen molar-refractivity contribution in [2.24, 2.45) is 5.10 Å². The Labute approximate surface area is 153 Å². The van der Waals surface area contributed by atoms with Crippen LogP contribution in [0.4, 0.5) is 0 Å². The molecule has 0 aliphatic carbocycles. The van der Waals surface area contributed by atoms with Crippen LogP contribution in [0.25, 0.3) is 11.4 Å². The van der Waals surface area contributed by atoms with E-state index in [1.165, 1.54) is 11.8 Å². The topological polar surface area (TPSA) is 72.3 Å². The Kier molecular flexibility index (Phi) is 5.06. The van der Waals surface area contributed by atoms with Crippen LogP contribution in [0.15, 0.2) is 53.6 Å². The standard InChI is InChI=1S/C17H13ClN4O2S/c1-24-16(23)12-8-6-11(7-9-12)10-19-22-15(20-21-17(22)25)13-4-2-3-5-14(13)18/h2-10H,1H3,(H,21,25)/b19-10-. The number of nitrogens with zero attached hydrogens (tertiary/aromatic N) is 3. The number of aromatic amines is 1. The molecule has 0 unspecified atom stereocenters. The molecule has 1 N–H and O–H groups in total. The summed E-state index contributed by atoms with van der Waals surface area (Å²) in [5, 5.41) is 11.8. The molecule has 1 aromatic heterocycles. The monoisotopic (exact) mass is 372 g/mol. The Morgan fingerprint density at radius 3 is 2.68 bits per heavy atom. The van der Waals surface area contributed by atoms with Gasteiger partial charge in [0.05, 0.1) is 23.9 Å². The molecule has 0 fully saturated rings. The smallest absolute Gasteiger partial charge is 0.337 e. The third kappa shape index (κ3) is 3.67. The second-order valence-electron chi connectivity index (χ2n) is 5.00. The Morgan fingerprint density at radius 2 is 2.00 bits per heavy atom. The van der Waals surface area contributed by atoms with E-state index in [0.29, 0.717) is 21.2 Å². The minimum atomic E-state index is -0.387. The first-order valence-corrected chi connectivity index (χ1v) is 8.04. The molecular weight excluding hydrogens is 360 g/mol. The maximum absolute atomic E-state index is 11.4. The highest BCUT2D eigenvalue weighted by Crippen LogP contribution is 2.25. The molecule has 0 spiro atoms. The fraction of sp³-hybridized carbons (Fsp3) is 0.0588. The second kappa shape index (κ2) is 7.42. The van der Waals surface area contributed by atoms with Crippen molar-refractivity contribution in [3.8, 4) is 11.4 Å². The van der Waals surface area contributed by atoms with Crippen molar-refractivity contribution in [1.82, 2.24) is 14.9 Å². The van der Waals surface area contributed by atoms with Gasteiger partial charge in [0, 0.05) is 5.56 Å². The van der Waals surface area contributed by atoms with Gasteiger partial charge in [-0.15, -0.1) is 0 Å². The van der Waals surface area contributed by atoms with Gasteiger partial charge in [-0.2, -0.15) is 14.9 Å². The summed E-state index contributed by atoms with van der Waals surface area (Å²) < 4.78 is 6.51. The van der Waals surface area contributed by atoms with Gasteiger partial charge in [-0.1, -0.05) is 35.9 Å². The van der Waals surface area contributed by atoms with Gasteiger partial charge in [0.1, 0.15) is 0 Å². The number of H-pyrrole nitrogens is 1. The Hall–Kier alpha value is -2.77. The summed E-state index contributed by atoms with van der Waals surface area (Å²) in [6.45, 7) is 0. The van der Waals surface area contributed by atoms with Gasteiger partial charge in [0.15, 0.2) is 5.82 Å². The van der Waals surface area contributed by atoms with Gasteiger partial charge in [-0.3, -0.25) is 0 Å². The molecule has 0 saturated carbocycles. The predicted molar refractivity (Wildman–Crippen MR) is 98.6 cm³/mol. The second-order valence-corrected chi connectivity index (χ2v) is 5.80. The number of carbonyl (C=O) groups excluding carboxylic acids is 1. The molecule has 0 aliphatic heterocycles. The Bertz CT molecular complexity index is 992. The average molecular weight is 373 g/mol. The zero-order valence-electron chi connectivity index (χ0n) is 13.1. The maximum Gasteiger partial charge on any atom is 0.337 e. The number of aromatic nitrogens is 3. The van der Waals surface area contributed by atoms with Crippen molar-refractivity contribution in [2.75, 3.05) is 7.11 Å². The van der Waals surface area contributed by atoms with Crippen molar-refractivity contribution in [2.45, 2.75) is 0 Å². The van der Waals surface area contributed by atoms with Crippen LogP contribution < -0.4 is 0 Å². The van der Waals surface area contributed by atoms with E-state index in [0.717, 1.165) is 11.1 Å². The quantitative estimate of drug-likeness (QED) is 0.428. The van der Waals surface area contributed by atoms with E-state index in [1.54, 1.807) is 36.5 Å².